The lowest BCUT2D eigenvalue weighted by atomic mass is 10.1. The zero-order valence-electron chi connectivity index (χ0n) is 7.58. The second kappa shape index (κ2) is 3.67. The summed E-state index contributed by atoms with van der Waals surface area (Å²) >= 11 is 4.80. The van der Waals surface area contributed by atoms with Crippen LogP contribution in [0.3, 0.4) is 0 Å². The highest BCUT2D eigenvalue weighted by Gasteiger charge is 2.08. The standard InChI is InChI=1S/C10H11N3S/c11-10(14)13-8-5-1-3-7-4-2-6-12-9(7)8/h1-5,12H,6H2,(H3,11,13,14). The number of benzene rings is 1. The average Bonchev–Trinajstić information content (AvgIpc) is 2.18. The highest BCUT2D eigenvalue weighted by Crippen LogP contribution is 2.29. The van der Waals surface area contributed by atoms with Crippen LogP contribution in [0.5, 0.6) is 0 Å². The molecule has 3 nitrogen and oxygen atoms in total. The minimum Gasteiger partial charge on any atom is -0.379 e. The molecular formula is C10H11N3S. The van der Waals surface area contributed by atoms with Gasteiger partial charge in [0.1, 0.15) is 0 Å². The van der Waals surface area contributed by atoms with Crippen LogP contribution in [-0.4, -0.2) is 11.7 Å². The van der Waals surface area contributed by atoms with Crippen LogP contribution in [0.1, 0.15) is 5.56 Å². The smallest absolute Gasteiger partial charge is 0.168 e. The van der Waals surface area contributed by atoms with E-state index in [0.717, 1.165) is 23.5 Å². The average molecular weight is 205 g/mol. The van der Waals surface area contributed by atoms with E-state index in [1.54, 1.807) is 0 Å². The van der Waals surface area contributed by atoms with Gasteiger partial charge < -0.3 is 16.4 Å². The fourth-order valence-electron chi connectivity index (χ4n) is 1.49. The molecule has 1 aromatic rings. The van der Waals surface area contributed by atoms with Crippen molar-refractivity contribution in [3.05, 3.63) is 29.8 Å². The van der Waals surface area contributed by atoms with Gasteiger partial charge in [-0.25, -0.2) is 0 Å². The van der Waals surface area contributed by atoms with Gasteiger partial charge in [0, 0.05) is 6.54 Å². The summed E-state index contributed by atoms with van der Waals surface area (Å²) in [5, 5.41) is 6.50. The summed E-state index contributed by atoms with van der Waals surface area (Å²) in [5.41, 5.74) is 8.57. The topological polar surface area (TPSA) is 50.1 Å². The molecule has 1 aliphatic rings. The van der Waals surface area contributed by atoms with Crippen molar-refractivity contribution < 1.29 is 0 Å². The van der Waals surface area contributed by atoms with Crippen molar-refractivity contribution in [3.63, 3.8) is 0 Å². The Morgan fingerprint density at radius 1 is 1.50 bits per heavy atom. The first kappa shape index (κ1) is 9.02. The Bertz CT molecular complexity index is 398. The van der Waals surface area contributed by atoms with Crippen LogP contribution in [-0.2, 0) is 0 Å². The lowest BCUT2D eigenvalue weighted by Gasteiger charge is -2.17. The number of fused-ring (bicyclic) bond motifs is 1. The van der Waals surface area contributed by atoms with Gasteiger partial charge in [0.05, 0.1) is 11.4 Å². The molecule has 0 bridgehead atoms. The fourth-order valence-corrected chi connectivity index (χ4v) is 1.60. The Hall–Kier alpha value is -1.55. The third-order valence-corrected chi connectivity index (χ3v) is 2.15. The molecule has 0 unspecified atom stereocenters. The SMILES string of the molecule is NC(=S)Nc1cccc2c1NCC=C2. The summed E-state index contributed by atoms with van der Waals surface area (Å²) in [4.78, 5) is 0. The van der Waals surface area contributed by atoms with Gasteiger partial charge in [-0.05, 0) is 23.8 Å². The molecule has 2 rings (SSSR count). The molecule has 1 heterocycles. The summed E-state index contributed by atoms with van der Waals surface area (Å²) in [6.45, 7) is 0.836. The van der Waals surface area contributed by atoms with Gasteiger partial charge in [-0.3, -0.25) is 0 Å². The van der Waals surface area contributed by atoms with Crippen molar-refractivity contribution in [1.82, 2.24) is 0 Å². The predicted octanol–water partition coefficient (Wildman–Crippen LogP) is 1.78. The second-order valence-electron chi connectivity index (χ2n) is 3.04. The molecular weight excluding hydrogens is 194 g/mol. The van der Waals surface area contributed by atoms with E-state index in [0.29, 0.717) is 0 Å². The number of para-hydroxylation sites is 1. The highest BCUT2D eigenvalue weighted by molar-refractivity contribution is 7.80. The van der Waals surface area contributed by atoms with Crippen LogP contribution < -0.4 is 16.4 Å². The predicted molar refractivity (Wildman–Crippen MR) is 64.4 cm³/mol. The Kier molecular flexibility index (Phi) is 2.37. The molecule has 1 aromatic carbocycles. The zero-order chi connectivity index (χ0) is 9.97. The number of anilines is 2. The van der Waals surface area contributed by atoms with E-state index in [-0.39, 0.29) is 5.11 Å². The van der Waals surface area contributed by atoms with Crippen molar-refractivity contribution in [3.8, 4) is 0 Å². The first-order valence-electron chi connectivity index (χ1n) is 4.37. The van der Waals surface area contributed by atoms with Gasteiger partial charge in [0.15, 0.2) is 5.11 Å². The summed E-state index contributed by atoms with van der Waals surface area (Å²) in [6.07, 6.45) is 4.16. The Morgan fingerprint density at radius 3 is 3.14 bits per heavy atom. The number of hydrogen-bond acceptors (Lipinski definition) is 2. The number of nitrogens with one attached hydrogen (secondary N) is 2. The molecule has 0 radical (unpaired) electrons. The minimum atomic E-state index is 0.287. The summed E-state index contributed by atoms with van der Waals surface area (Å²) < 4.78 is 0. The van der Waals surface area contributed by atoms with Gasteiger partial charge in [0.2, 0.25) is 0 Å². The fraction of sp³-hybridized carbons (Fsp3) is 0.100. The van der Waals surface area contributed by atoms with Gasteiger partial charge in [-0.1, -0.05) is 24.3 Å². The third-order valence-electron chi connectivity index (χ3n) is 2.05. The molecule has 72 valence electrons. The molecule has 4 heteroatoms. The molecule has 0 spiro atoms. The number of hydrogen-bond donors (Lipinski definition) is 3. The Labute approximate surface area is 88.0 Å². The molecule has 0 amide bonds. The van der Waals surface area contributed by atoms with Crippen LogP contribution in [0.25, 0.3) is 6.08 Å². The van der Waals surface area contributed by atoms with Crippen molar-refractivity contribution in [2.24, 2.45) is 5.73 Å². The van der Waals surface area contributed by atoms with Crippen LogP contribution >= 0.6 is 12.2 Å². The maximum Gasteiger partial charge on any atom is 0.168 e. The minimum absolute atomic E-state index is 0.287. The van der Waals surface area contributed by atoms with Crippen LogP contribution in [0, 0.1) is 0 Å². The van der Waals surface area contributed by atoms with Crippen LogP contribution in [0.4, 0.5) is 11.4 Å². The quantitative estimate of drug-likeness (QED) is 0.612. The monoisotopic (exact) mass is 205 g/mol. The van der Waals surface area contributed by atoms with Gasteiger partial charge in [-0.2, -0.15) is 0 Å². The van der Waals surface area contributed by atoms with E-state index in [2.05, 4.69) is 22.8 Å². The van der Waals surface area contributed by atoms with Gasteiger partial charge in [-0.15, -0.1) is 0 Å². The van der Waals surface area contributed by atoms with Crippen molar-refractivity contribution in [1.29, 1.82) is 0 Å². The van der Waals surface area contributed by atoms with Crippen molar-refractivity contribution in [2.75, 3.05) is 17.2 Å². The zero-order valence-corrected chi connectivity index (χ0v) is 8.40. The largest absolute Gasteiger partial charge is 0.379 e. The van der Waals surface area contributed by atoms with E-state index in [1.165, 1.54) is 0 Å². The first-order chi connectivity index (χ1) is 6.77. The first-order valence-corrected chi connectivity index (χ1v) is 4.78. The lowest BCUT2D eigenvalue weighted by molar-refractivity contribution is 1.31. The van der Waals surface area contributed by atoms with Gasteiger partial charge in [0.25, 0.3) is 0 Å². The number of nitrogens with two attached hydrogens (primary N) is 1. The molecule has 0 aliphatic carbocycles. The summed E-state index contributed by atoms with van der Waals surface area (Å²) in [6, 6.07) is 5.96. The third kappa shape index (κ3) is 1.70. The summed E-state index contributed by atoms with van der Waals surface area (Å²) in [5.74, 6) is 0. The van der Waals surface area contributed by atoms with Crippen molar-refractivity contribution >= 4 is 34.8 Å². The van der Waals surface area contributed by atoms with E-state index in [1.807, 2.05) is 18.2 Å². The molecule has 0 atom stereocenters. The van der Waals surface area contributed by atoms with E-state index in [9.17, 15) is 0 Å². The molecule has 4 N–H and O–H groups in total. The molecule has 0 saturated carbocycles. The molecule has 1 aliphatic heterocycles. The molecule has 0 fully saturated rings. The Balaban J connectivity index is 2.41. The molecule has 14 heavy (non-hydrogen) atoms. The maximum absolute atomic E-state index is 5.43. The van der Waals surface area contributed by atoms with Crippen LogP contribution in [0.15, 0.2) is 24.3 Å². The second-order valence-corrected chi connectivity index (χ2v) is 3.48. The highest BCUT2D eigenvalue weighted by atomic mass is 32.1. The van der Waals surface area contributed by atoms with Gasteiger partial charge >= 0.3 is 0 Å². The molecule has 0 saturated heterocycles. The van der Waals surface area contributed by atoms with E-state index >= 15 is 0 Å². The number of thiocarbonyl (C=S) groups is 1. The maximum atomic E-state index is 5.43. The number of rotatable bonds is 1. The lowest BCUT2D eigenvalue weighted by Crippen LogP contribution is -2.20. The molecule has 0 aromatic heterocycles. The normalized spacial score (nSPS) is 12.9. The van der Waals surface area contributed by atoms with Crippen molar-refractivity contribution in [2.45, 2.75) is 0 Å². The summed E-state index contributed by atoms with van der Waals surface area (Å²) in [7, 11) is 0. The Morgan fingerprint density at radius 2 is 2.36 bits per heavy atom. The van der Waals surface area contributed by atoms with E-state index < -0.39 is 0 Å². The van der Waals surface area contributed by atoms with Crippen LogP contribution in [0.2, 0.25) is 0 Å². The van der Waals surface area contributed by atoms with E-state index in [4.69, 9.17) is 18.0 Å².